The fourth-order valence-electron chi connectivity index (χ4n) is 12.5. The highest BCUT2D eigenvalue weighted by Crippen LogP contribution is 2.63. The maximum atomic E-state index is 15.1. The van der Waals surface area contributed by atoms with Crippen LogP contribution in [0.3, 0.4) is 0 Å². The molecule has 2 aromatic carbocycles. The lowest BCUT2D eigenvalue weighted by Crippen LogP contribution is -2.56. The van der Waals surface area contributed by atoms with E-state index in [9.17, 15) is 9.59 Å². The molecule has 0 aromatic heterocycles. The number of amides is 2. The van der Waals surface area contributed by atoms with Gasteiger partial charge in [-0.3, -0.25) is 29.0 Å². The van der Waals surface area contributed by atoms with Gasteiger partial charge in [-0.2, -0.15) is 0 Å². The number of Topliss-reactive ketones (excluding diaryl/α,β-unsaturated/α-hetero) is 2. The summed E-state index contributed by atoms with van der Waals surface area (Å²) >= 11 is 0. The van der Waals surface area contributed by atoms with E-state index in [1.807, 2.05) is 36.4 Å². The molecule has 6 nitrogen and oxygen atoms in total. The van der Waals surface area contributed by atoms with Crippen molar-refractivity contribution in [3.8, 4) is 0 Å². The van der Waals surface area contributed by atoms with Crippen molar-refractivity contribution in [3.05, 3.63) is 71.1 Å². The van der Waals surface area contributed by atoms with E-state index < -0.39 is 10.8 Å². The SMILES string of the molecule is O=C1/C(=C2/C(=O)c3ccccc3N2C(=O)C23CC4CC(CC(C4)C2)C3)N(C(=O)C23CC4CC(CC(C4)C2)C3)c2ccccc21. The van der Waals surface area contributed by atoms with Crippen LogP contribution in [0.1, 0.15) is 97.8 Å². The van der Waals surface area contributed by atoms with Crippen molar-refractivity contribution in [1.29, 1.82) is 0 Å². The van der Waals surface area contributed by atoms with E-state index in [1.165, 1.54) is 38.5 Å². The van der Waals surface area contributed by atoms with E-state index in [0.29, 0.717) is 58.0 Å². The molecule has 2 aromatic rings. The van der Waals surface area contributed by atoms with Crippen molar-refractivity contribution in [2.75, 3.05) is 9.80 Å². The lowest BCUT2D eigenvalue weighted by Gasteiger charge is -2.56. The zero-order valence-electron chi connectivity index (χ0n) is 25.1. The van der Waals surface area contributed by atoms with Gasteiger partial charge in [0.25, 0.3) is 0 Å². The predicted molar refractivity (Wildman–Crippen MR) is 165 cm³/mol. The number of anilines is 2. The van der Waals surface area contributed by atoms with E-state index >= 15 is 9.59 Å². The number of hydrogen-bond donors (Lipinski definition) is 0. The minimum absolute atomic E-state index is 0.0386. The summed E-state index contributed by atoms with van der Waals surface area (Å²) in [7, 11) is 0. The molecule has 44 heavy (non-hydrogen) atoms. The largest absolute Gasteiger partial charge is 0.287 e. The second-order valence-corrected chi connectivity index (χ2v) is 16.1. The van der Waals surface area contributed by atoms with Gasteiger partial charge >= 0.3 is 0 Å². The first kappa shape index (κ1) is 25.8. The molecule has 8 aliphatic carbocycles. The van der Waals surface area contributed by atoms with Crippen molar-refractivity contribution in [1.82, 2.24) is 0 Å². The summed E-state index contributed by atoms with van der Waals surface area (Å²) in [6.45, 7) is 0. The van der Waals surface area contributed by atoms with Crippen molar-refractivity contribution in [3.63, 3.8) is 0 Å². The summed E-state index contributed by atoms with van der Waals surface area (Å²) in [4.78, 5) is 62.4. The van der Waals surface area contributed by atoms with Crippen LogP contribution in [-0.2, 0) is 9.59 Å². The first-order valence-corrected chi connectivity index (χ1v) is 17.0. The molecule has 0 N–H and O–H groups in total. The number of carbonyl (C=O) groups excluding carboxylic acids is 4. The Balaban J connectivity index is 1.16. The summed E-state index contributed by atoms with van der Waals surface area (Å²) in [6.07, 6.45) is 12.4. The van der Waals surface area contributed by atoms with Gasteiger partial charge in [0.05, 0.1) is 22.2 Å². The first-order valence-electron chi connectivity index (χ1n) is 17.0. The van der Waals surface area contributed by atoms with Gasteiger partial charge in [0.2, 0.25) is 23.4 Å². The van der Waals surface area contributed by atoms with Crippen LogP contribution in [-0.4, -0.2) is 23.4 Å². The molecular formula is C38H38N2O4. The maximum absolute atomic E-state index is 15.1. The summed E-state index contributed by atoms with van der Waals surface area (Å²) in [5, 5.41) is 0. The number of para-hydroxylation sites is 2. The fraction of sp³-hybridized carbons (Fsp3) is 0.526. The van der Waals surface area contributed by atoms with Crippen LogP contribution in [0.25, 0.3) is 0 Å². The minimum atomic E-state index is -0.512. The van der Waals surface area contributed by atoms with E-state index in [2.05, 4.69) is 0 Å². The molecule has 2 amide bonds. The molecule has 2 aliphatic heterocycles. The predicted octanol–water partition coefficient (Wildman–Crippen LogP) is 7.09. The molecule has 2 heterocycles. The van der Waals surface area contributed by atoms with Gasteiger partial charge in [0.15, 0.2) is 0 Å². The number of allylic oxidation sites excluding steroid dienone is 2. The lowest BCUT2D eigenvalue weighted by atomic mass is 9.49. The van der Waals surface area contributed by atoms with Crippen molar-refractivity contribution < 1.29 is 19.2 Å². The molecule has 12 rings (SSSR count). The van der Waals surface area contributed by atoms with Crippen molar-refractivity contribution >= 4 is 34.8 Å². The third-order valence-corrected chi connectivity index (χ3v) is 13.3. The molecule has 8 bridgehead atoms. The number of hydrogen-bond acceptors (Lipinski definition) is 4. The van der Waals surface area contributed by atoms with E-state index in [-0.39, 0.29) is 34.8 Å². The molecular weight excluding hydrogens is 548 g/mol. The van der Waals surface area contributed by atoms with Crippen molar-refractivity contribution in [2.24, 2.45) is 46.3 Å². The average molecular weight is 587 g/mol. The Morgan fingerprint density at radius 2 is 0.795 bits per heavy atom. The van der Waals surface area contributed by atoms with Gasteiger partial charge in [-0.05, 0) is 137 Å². The third-order valence-electron chi connectivity index (χ3n) is 13.3. The molecule has 0 saturated heterocycles. The normalized spacial score (nSPS) is 40.6. The van der Waals surface area contributed by atoms with Gasteiger partial charge in [0, 0.05) is 11.1 Å². The molecule has 8 saturated carbocycles. The number of rotatable bonds is 2. The van der Waals surface area contributed by atoms with Gasteiger partial charge in [0.1, 0.15) is 11.4 Å². The summed E-state index contributed by atoms with van der Waals surface area (Å²) < 4.78 is 0. The van der Waals surface area contributed by atoms with Crippen LogP contribution in [0.15, 0.2) is 59.9 Å². The smallest absolute Gasteiger partial charge is 0.238 e. The second kappa shape index (κ2) is 8.58. The number of nitrogens with zero attached hydrogens (tertiary/aromatic N) is 2. The Hall–Kier alpha value is -3.54. The second-order valence-electron chi connectivity index (χ2n) is 16.1. The van der Waals surface area contributed by atoms with Crippen LogP contribution in [0.5, 0.6) is 0 Å². The Bertz CT molecular complexity index is 1540. The summed E-state index contributed by atoms with van der Waals surface area (Å²) in [6, 6.07) is 14.6. The zero-order valence-corrected chi connectivity index (χ0v) is 25.1. The van der Waals surface area contributed by atoms with Gasteiger partial charge in [-0.25, -0.2) is 0 Å². The molecule has 0 unspecified atom stereocenters. The Morgan fingerprint density at radius 3 is 1.11 bits per heavy atom. The summed E-state index contributed by atoms with van der Waals surface area (Å²) in [5.41, 5.74) is 1.19. The van der Waals surface area contributed by atoms with Crippen LogP contribution < -0.4 is 9.80 Å². The van der Waals surface area contributed by atoms with Crippen LogP contribution in [0, 0.1) is 46.3 Å². The van der Waals surface area contributed by atoms with E-state index in [4.69, 9.17) is 0 Å². The number of ketones is 2. The standard InChI is InChI=1S/C38H38N2O4/c41-33-27-5-1-3-7-29(27)39(35(43)37-15-21-9-22(16-37)11-23(10-21)17-37)31(33)32-34(42)28-6-2-4-8-30(28)40(32)36(44)38-18-24-12-25(19-38)14-26(13-24)20-38/h1-8,21-26H,9-20H2/b32-31+. The molecule has 8 fully saturated rings. The highest BCUT2D eigenvalue weighted by atomic mass is 16.2. The molecule has 224 valence electrons. The Kier molecular flexibility index (Phi) is 5.02. The molecule has 0 atom stereocenters. The van der Waals surface area contributed by atoms with Crippen LogP contribution in [0.2, 0.25) is 0 Å². The zero-order chi connectivity index (χ0) is 29.5. The fourth-order valence-corrected chi connectivity index (χ4v) is 12.5. The lowest BCUT2D eigenvalue weighted by molar-refractivity contribution is -0.143. The van der Waals surface area contributed by atoms with Gasteiger partial charge in [-0.15, -0.1) is 0 Å². The van der Waals surface area contributed by atoms with E-state index in [0.717, 1.165) is 38.5 Å². The first-order chi connectivity index (χ1) is 21.3. The van der Waals surface area contributed by atoms with Gasteiger partial charge in [-0.1, -0.05) is 24.3 Å². The molecule has 6 heteroatoms. The highest BCUT2D eigenvalue weighted by molar-refractivity contribution is 6.34. The monoisotopic (exact) mass is 586 g/mol. The molecule has 0 radical (unpaired) electrons. The van der Waals surface area contributed by atoms with Crippen molar-refractivity contribution in [2.45, 2.75) is 77.0 Å². The van der Waals surface area contributed by atoms with Crippen LogP contribution in [0.4, 0.5) is 11.4 Å². The molecule has 10 aliphatic rings. The van der Waals surface area contributed by atoms with Crippen LogP contribution >= 0.6 is 0 Å². The Labute approximate surface area is 257 Å². The maximum Gasteiger partial charge on any atom is 0.238 e. The average Bonchev–Trinajstić information content (AvgIpc) is 3.45. The number of carbonyl (C=O) groups is 4. The highest BCUT2D eigenvalue weighted by Gasteiger charge is 2.60. The summed E-state index contributed by atoms with van der Waals surface area (Å²) in [5.74, 6) is 2.62. The minimum Gasteiger partial charge on any atom is -0.287 e. The topological polar surface area (TPSA) is 74.8 Å². The Morgan fingerprint density at radius 1 is 0.500 bits per heavy atom. The number of benzene rings is 2. The molecule has 0 spiro atoms. The quantitative estimate of drug-likeness (QED) is 0.352. The van der Waals surface area contributed by atoms with Gasteiger partial charge < -0.3 is 0 Å². The third kappa shape index (κ3) is 3.27. The number of fused-ring (bicyclic) bond motifs is 2. The van der Waals surface area contributed by atoms with E-state index in [1.54, 1.807) is 21.9 Å².